The molecule has 0 aromatic heterocycles. The molecule has 0 aliphatic heterocycles. The van der Waals surface area contributed by atoms with Gasteiger partial charge < -0.3 is 33.5 Å². The van der Waals surface area contributed by atoms with E-state index in [0.29, 0.717) is 65.0 Å². The molecule has 0 fully saturated rings. The highest BCUT2D eigenvalue weighted by Crippen LogP contribution is 2.00. The van der Waals surface area contributed by atoms with E-state index in [0.717, 1.165) is 0 Å². The quantitative estimate of drug-likeness (QED) is 0.265. The number of hydrogen-bond acceptors (Lipinski definition) is 8. The van der Waals surface area contributed by atoms with Gasteiger partial charge >= 0.3 is 11.9 Å². The molecule has 0 saturated heterocycles. The molecule has 1 aromatic rings. The number of carboxylic acids is 1. The van der Waals surface area contributed by atoms with Crippen LogP contribution in [0.2, 0.25) is 0 Å². The Morgan fingerprint density at radius 3 is 1.48 bits per heavy atom. The lowest BCUT2D eigenvalue weighted by Gasteiger charge is -2.08. The van der Waals surface area contributed by atoms with Crippen LogP contribution in [0.4, 0.5) is 0 Å². The van der Waals surface area contributed by atoms with Crippen molar-refractivity contribution < 1.29 is 43.1 Å². The summed E-state index contributed by atoms with van der Waals surface area (Å²) in [5, 5.41) is 8.43. The summed E-state index contributed by atoms with van der Waals surface area (Å²) in [5.74, 6) is -1.24. The Labute approximate surface area is 170 Å². The van der Waals surface area contributed by atoms with Gasteiger partial charge in [-0.1, -0.05) is 18.2 Å². The number of rotatable bonds is 19. The van der Waals surface area contributed by atoms with Crippen molar-refractivity contribution in [2.75, 3.05) is 72.7 Å². The fraction of sp³-hybridized carbons (Fsp3) is 0.600. The van der Waals surface area contributed by atoms with Crippen molar-refractivity contribution in [3.05, 3.63) is 35.9 Å². The molecule has 0 radical (unpaired) electrons. The van der Waals surface area contributed by atoms with Crippen LogP contribution in [-0.2, 0) is 33.2 Å². The van der Waals surface area contributed by atoms with E-state index in [1.54, 1.807) is 24.3 Å². The minimum Gasteiger partial charge on any atom is -0.481 e. The molecule has 29 heavy (non-hydrogen) atoms. The molecule has 9 heteroatoms. The molecule has 0 heterocycles. The van der Waals surface area contributed by atoms with Crippen molar-refractivity contribution in [1.29, 1.82) is 0 Å². The first-order valence-electron chi connectivity index (χ1n) is 9.53. The molecule has 0 spiro atoms. The zero-order chi connectivity index (χ0) is 21.0. The van der Waals surface area contributed by atoms with Gasteiger partial charge in [0.1, 0.15) is 6.61 Å². The minimum absolute atomic E-state index is 0.00410. The van der Waals surface area contributed by atoms with Crippen LogP contribution in [0.1, 0.15) is 16.8 Å². The minimum atomic E-state index is -0.877. The molecule has 9 nitrogen and oxygen atoms in total. The van der Waals surface area contributed by atoms with Gasteiger partial charge in [-0.05, 0) is 12.1 Å². The summed E-state index contributed by atoms with van der Waals surface area (Å²) in [5.41, 5.74) is 0.519. The molecule has 0 unspecified atom stereocenters. The molecule has 0 aliphatic carbocycles. The summed E-state index contributed by atoms with van der Waals surface area (Å²) >= 11 is 0. The third-order valence-corrected chi connectivity index (χ3v) is 3.42. The molecule has 164 valence electrons. The van der Waals surface area contributed by atoms with E-state index in [2.05, 4.69) is 0 Å². The lowest BCUT2D eigenvalue weighted by molar-refractivity contribution is -0.138. The van der Waals surface area contributed by atoms with Crippen molar-refractivity contribution in [3.8, 4) is 0 Å². The van der Waals surface area contributed by atoms with Crippen molar-refractivity contribution in [1.82, 2.24) is 0 Å². The number of carbonyl (C=O) groups excluding carboxylic acids is 1. The van der Waals surface area contributed by atoms with Crippen molar-refractivity contribution in [2.24, 2.45) is 0 Å². The van der Waals surface area contributed by atoms with Crippen LogP contribution in [-0.4, -0.2) is 89.7 Å². The molecule has 0 bridgehead atoms. The van der Waals surface area contributed by atoms with E-state index >= 15 is 0 Å². The topological polar surface area (TPSA) is 110 Å². The fourth-order valence-corrected chi connectivity index (χ4v) is 1.99. The van der Waals surface area contributed by atoms with Gasteiger partial charge in [-0.3, -0.25) is 4.79 Å². The van der Waals surface area contributed by atoms with Gasteiger partial charge in [0.25, 0.3) is 0 Å². The molecule has 1 rings (SSSR count). The van der Waals surface area contributed by atoms with Crippen molar-refractivity contribution in [3.63, 3.8) is 0 Å². The average molecular weight is 414 g/mol. The van der Waals surface area contributed by atoms with Gasteiger partial charge in [0.05, 0.1) is 78.1 Å². The predicted octanol–water partition coefficient (Wildman–Crippen LogP) is 1.40. The summed E-state index contributed by atoms with van der Waals surface area (Å²) in [7, 11) is 0. The summed E-state index contributed by atoms with van der Waals surface area (Å²) in [6.45, 7) is 4.09. The van der Waals surface area contributed by atoms with Gasteiger partial charge in [0.2, 0.25) is 0 Å². The first-order chi connectivity index (χ1) is 14.2. The van der Waals surface area contributed by atoms with Gasteiger partial charge in [-0.15, -0.1) is 0 Å². The van der Waals surface area contributed by atoms with Crippen molar-refractivity contribution >= 4 is 11.9 Å². The SMILES string of the molecule is O=C(O)CCOCCOCCOCCOCCOCCOC(=O)c1ccccc1. The summed E-state index contributed by atoms with van der Waals surface area (Å²) < 4.78 is 31.5. The number of ether oxygens (including phenoxy) is 6. The Morgan fingerprint density at radius 2 is 1.03 bits per heavy atom. The number of carboxylic acid groups (broad SMARTS) is 1. The van der Waals surface area contributed by atoms with Crippen molar-refractivity contribution in [2.45, 2.75) is 6.42 Å². The average Bonchev–Trinajstić information content (AvgIpc) is 2.73. The molecular weight excluding hydrogens is 384 g/mol. The third-order valence-electron chi connectivity index (χ3n) is 3.42. The lowest BCUT2D eigenvalue weighted by atomic mass is 10.2. The van der Waals surface area contributed by atoms with E-state index in [-0.39, 0.29) is 25.6 Å². The zero-order valence-corrected chi connectivity index (χ0v) is 16.6. The van der Waals surface area contributed by atoms with Gasteiger partial charge in [-0.25, -0.2) is 4.79 Å². The number of hydrogen-bond donors (Lipinski definition) is 1. The summed E-state index contributed by atoms with van der Waals surface area (Å²) in [4.78, 5) is 21.9. The smallest absolute Gasteiger partial charge is 0.338 e. The normalized spacial score (nSPS) is 10.8. The molecule has 0 saturated carbocycles. The molecular formula is C20H30O9. The molecule has 0 atom stereocenters. The maximum atomic E-state index is 11.7. The standard InChI is InChI=1S/C20H30O9/c21-19(22)6-7-24-8-9-25-10-11-26-12-13-27-14-15-28-16-17-29-20(23)18-4-2-1-3-5-18/h1-5H,6-17H2,(H,21,22). The van der Waals surface area contributed by atoms with Gasteiger partial charge in [0.15, 0.2) is 0 Å². The Hall–Kier alpha value is -2.04. The Morgan fingerprint density at radius 1 is 0.621 bits per heavy atom. The number of carbonyl (C=O) groups is 2. The highest BCUT2D eigenvalue weighted by molar-refractivity contribution is 5.89. The Balaban J connectivity index is 1.74. The molecule has 1 aromatic carbocycles. The number of benzene rings is 1. The van der Waals surface area contributed by atoms with Crippen LogP contribution in [0.25, 0.3) is 0 Å². The molecule has 0 amide bonds. The number of esters is 1. The van der Waals surface area contributed by atoms with Crippen LogP contribution >= 0.6 is 0 Å². The fourth-order valence-electron chi connectivity index (χ4n) is 1.99. The molecule has 1 N–H and O–H groups in total. The Bertz CT molecular complexity index is 536. The van der Waals surface area contributed by atoms with E-state index in [1.165, 1.54) is 0 Å². The molecule has 0 aliphatic rings. The Kier molecular flexibility index (Phi) is 15.5. The first-order valence-corrected chi connectivity index (χ1v) is 9.53. The van der Waals surface area contributed by atoms with Crippen LogP contribution in [0.3, 0.4) is 0 Å². The number of aliphatic carboxylic acids is 1. The maximum Gasteiger partial charge on any atom is 0.338 e. The second-order valence-corrected chi connectivity index (χ2v) is 5.71. The second kappa shape index (κ2) is 18.0. The van der Waals surface area contributed by atoms with Crippen LogP contribution in [0.5, 0.6) is 0 Å². The lowest BCUT2D eigenvalue weighted by Crippen LogP contribution is -2.15. The predicted molar refractivity (Wildman–Crippen MR) is 103 cm³/mol. The van der Waals surface area contributed by atoms with Crippen LogP contribution in [0.15, 0.2) is 30.3 Å². The van der Waals surface area contributed by atoms with E-state index in [4.69, 9.17) is 33.5 Å². The van der Waals surface area contributed by atoms with E-state index in [9.17, 15) is 9.59 Å². The van der Waals surface area contributed by atoms with E-state index in [1.807, 2.05) is 6.07 Å². The van der Waals surface area contributed by atoms with Gasteiger partial charge in [-0.2, -0.15) is 0 Å². The van der Waals surface area contributed by atoms with Gasteiger partial charge in [0, 0.05) is 0 Å². The summed E-state index contributed by atoms with van der Waals surface area (Å²) in [6, 6.07) is 8.80. The maximum absolute atomic E-state index is 11.7. The largest absolute Gasteiger partial charge is 0.481 e. The first kappa shape index (κ1) is 25.0. The zero-order valence-electron chi connectivity index (χ0n) is 16.6. The van der Waals surface area contributed by atoms with Crippen LogP contribution in [0, 0.1) is 0 Å². The van der Waals surface area contributed by atoms with E-state index < -0.39 is 5.97 Å². The second-order valence-electron chi connectivity index (χ2n) is 5.71. The van der Waals surface area contributed by atoms with Crippen LogP contribution < -0.4 is 0 Å². The highest BCUT2D eigenvalue weighted by atomic mass is 16.6. The summed E-state index contributed by atoms with van der Waals surface area (Å²) in [6.07, 6.45) is -0.00410. The highest BCUT2D eigenvalue weighted by Gasteiger charge is 2.04. The monoisotopic (exact) mass is 414 g/mol. The third kappa shape index (κ3) is 15.5.